The summed E-state index contributed by atoms with van der Waals surface area (Å²) in [4.78, 5) is 22.6. The van der Waals surface area contributed by atoms with E-state index in [9.17, 15) is 9.59 Å². The zero-order chi connectivity index (χ0) is 14.4. The molecule has 6 heteroatoms. The molecule has 102 valence electrons. The van der Waals surface area contributed by atoms with Gasteiger partial charge in [-0.25, -0.2) is 9.59 Å². The fourth-order valence-corrected chi connectivity index (χ4v) is 1.79. The van der Waals surface area contributed by atoms with E-state index in [1.807, 2.05) is 6.92 Å². The first-order chi connectivity index (χ1) is 8.93. The lowest BCUT2D eigenvalue weighted by Crippen LogP contribution is -2.35. The maximum atomic E-state index is 11.7. The van der Waals surface area contributed by atoms with E-state index < -0.39 is 12.0 Å². The van der Waals surface area contributed by atoms with Gasteiger partial charge in [0.1, 0.15) is 0 Å². The normalized spacial score (nSPS) is 11.5. The summed E-state index contributed by atoms with van der Waals surface area (Å²) in [7, 11) is 0. The van der Waals surface area contributed by atoms with Crippen molar-refractivity contribution in [2.75, 3.05) is 5.32 Å². The molecule has 1 aromatic carbocycles. The van der Waals surface area contributed by atoms with Gasteiger partial charge >= 0.3 is 12.0 Å². The second kappa shape index (κ2) is 6.94. The van der Waals surface area contributed by atoms with Crippen molar-refractivity contribution in [3.8, 4) is 0 Å². The number of benzene rings is 1. The molecule has 1 atom stereocenters. The molecule has 1 rings (SSSR count). The molecule has 0 aromatic heterocycles. The highest BCUT2D eigenvalue weighted by molar-refractivity contribution is 9.10. The van der Waals surface area contributed by atoms with Crippen molar-refractivity contribution in [1.29, 1.82) is 0 Å². The van der Waals surface area contributed by atoms with Gasteiger partial charge in [-0.05, 0) is 47.5 Å². The lowest BCUT2D eigenvalue weighted by molar-refractivity contribution is 0.0697. The quantitative estimate of drug-likeness (QED) is 0.727. The van der Waals surface area contributed by atoms with Crippen molar-refractivity contribution in [3.05, 3.63) is 40.9 Å². The Morgan fingerprint density at radius 3 is 2.79 bits per heavy atom. The Morgan fingerprint density at radius 2 is 2.21 bits per heavy atom. The molecule has 5 nitrogen and oxygen atoms in total. The molecule has 0 saturated heterocycles. The maximum Gasteiger partial charge on any atom is 0.335 e. The Hall–Kier alpha value is -1.82. The highest BCUT2D eigenvalue weighted by atomic mass is 79.9. The van der Waals surface area contributed by atoms with Gasteiger partial charge in [-0.15, -0.1) is 6.58 Å². The van der Waals surface area contributed by atoms with Crippen LogP contribution in [0.4, 0.5) is 10.5 Å². The van der Waals surface area contributed by atoms with Crippen LogP contribution in [0, 0.1) is 0 Å². The number of hydrogen-bond donors (Lipinski definition) is 3. The Labute approximate surface area is 119 Å². The van der Waals surface area contributed by atoms with Gasteiger partial charge in [0.05, 0.1) is 11.3 Å². The van der Waals surface area contributed by atoms with Crippen LogP contribution < -0.4 is 10.6 Å². The van der Waals surface area contributed by atoms with Crippen LogP contribution in [0.5, 0.6) is 0 Å². The molecule has 0 heterocycles. The van der Waals surface area contributed by atoms with E-state index in [0.717, 1.165) is 0 Å². The summed E-state index contributed by atoms with van der Waals surface area (Å²) in [5, 5.41) is 14.2. The third kappa shape index (κ3) is 4.75. The van der Waals surface area contributed by atoms with E-state index in [1.54, 1.807) is 12.1 Å². The summed E-state index contributed by atoms with van der Waals surface area (Å²) >= 11 is 3.25. The van der Waals surface area contributed by atoms with Crippen LogP contribution in [0.25, 0.3) is 0 Å². The molecule has 0 aliphatic carbocycles. The number of carboxylic acids is 1. The Bertz CT molecular complexity index is 503. The monoisotopic (exact) mass is 326 g/mol. The Kier molecular flexibility index (Phi) is 5.57. The zero-order valence-corrected chi connectivity index (χ0v) is 12.0. The van der Waals surface area contributed by atoms with Crippen molar-refractivity contribution in [3.63, 3.8) is 0 Å². The van der Waals surface area contributed by atoms with Crippen molar-refractivity contribution < 1.29 is 14.7 Å². The highest BCUT2D eigenvalue weighted by Gasteiger charge is 2.11. The minimum Gasteiger partial charge on any atom is -0.478 e. The number of carboxylic acid groups (broad SMARTS) is 1. The molecular formula is C13H15BrN2O3. The lowest BCUT2D eigenvalue weighted by Gasteiger charge is -2.14. The SMILES string of the molecule is C=CCC(C)NC(=O)Nc1cc(C(=O)O)ccc1Br. The van der Waals surface area contributed by atoms with E-state index in [-0.39, 0.29) is 11.6 Å². The number of rotatable bonds is 5. The van der Waals surface area contributed by atoms with E-state index in [0.29, 0.717) is 16.6 Å². The second-order valence-corrected chi connectivity index (χ2v) is 4.88. The largest absolute Gasteiger partial charge is 0.478 e. The van der Waals surface area contributed by atoms with Crippen molar-refractivity contribution in [2.24, 2.45) is 0 Å². The first-order valence-electron chi connectivity index (χ1n) is 5.65. The molecule has 2 amide bonds. The van der Waals surface area contributed by atoms with Gasteiger partial charge < -0.3 is 15.7 Å². The van der Waals surface area contributed by atoms with E-state index >= 15 is 0 Å². The first-order valence-corrected chi connectivity index (χ1v) is 6.44. The number of halogens is 1. The van der Waals surface area contributed by atoms with Gasteiger partial charge in [-0.1, -0.05) is 6.08 Å². The average molecular weight is 327 g/mol. The molecule has 0 fully saturated rings. The van der Waals surface area contributed by atoms with Crippen molar-refractivity contribution in [1.82, 2.24) is 5.32 Å². The predicted octanol–water partition coefficient (Wildman–Crippen LogP) is 3.23. The van der Waals surface area contributed by atoms with Gasteiger partial charge in [0, 0.05) is 10.5 Å². The summed E-state index contributed by atoms with van der Waals surface area (Å²) in [5.41, 5.74) is 0.515. The third-order valence-corrected chi connectivity index (χ3v) is 3.05. The molecular weight excluding hydrogens is 312 g/mol. The number of carbonyl (C=O) groups is 2. The van der Waals surface area contributed by atoms with Crippen LogP contribution in [-0.4, -0.2) is 23.1 Å². The van der Waals surface area contributed by atoms with Crippen LogP contribution in [-0.2, 0) is 0 Å². The molecule has 0 spiro atoms. The van der Waals surface area contributed by atoms with Gasteiger partial charge in [0.15, 0.2) is 0 Å². The molecule has 1 unspecified atom stereocenters. The van der Waals surface area contributed by atoms with Crippen LogP contribution in [0.3, 0.4) is 0 Å². The van der Waals surface area contributed by atoms with Crippen LogP contribution in [0.15, 0.2) is 35.3 Å². The number of amides is 2. The highest BCUT2D eigenvalue weighted by Crippen LogP contribution is 2.23. The smallest absolute Gasteiger partial charge is 0.335 e. The number of anilines is 1. The maximum absolute atomic E-state index is 11.7. The molecule has 0 aliphatic heterocycles. The van der Waals surface area contributed by atoms with Gasteiger partial charge in [0.25, 0.3) is 0 Å². The summed E-state index contributed by atoms with van der Waals surface area (Å²) in [6, 6.07) is 3.99. The van der Waals surface area contributed by atoms with Crippen LogP contribution in [0.1, 0.15) is 23.7 Å². The summed E-state index contributed by atoms with van der Waals surface area (Å²) in [6.07, 6.45) is 2.37. The standard InChI is InChI=1S/C13H15BrN2O3/c1-3-4-8(2)15-13(19)16-11-7-9(12(17)18)5-6-10(11)14/h3,5-8H,1,4H2,2H3,(H,17,18)(H2,15,16,19). The second-order valence-electron chi connectivity index (χ2n) is 4.02. The first kappa shape index (κ1) is 15.2. The fraction of sp³-hybridized carbons (Fsp3) is 0.231. The summed E-state index contributed by atoms with van der Waals surface area (Å²) < 4.78 is 0.615. The number of urea groups is 1. The third-order valence-electron chi connectivity index (χ3n) is 2.36. The molecule has 3 N–H and O–H groups in total. The number of aromatic carboxylic acids is 1. The van der Waals surface area contributed by atoms with E-state index in [1.165, 1.54) is 12.1 Å². The van der Waals surface area contributed by atoms with E-state index in [4.69, 9.17) is 5.11 Å². The molecule has 19 heavy (non-hydrogen) atoms. The molecule has 0 bridgehead atoms. The summed E-state index contributed by atoms with van der Waals surface area (Å²) in [5.74, 6) is -1.05. The van der Waals surface area contributed by atoms with Crippen molar-refractivity contribution in [2.45, 2.75) is 19.4 Å². The fourth-order valence-electron chi connectivity index (χ4n) is 1.45. The Balaban J connectivity index is 2.75. The van der Waals surface area contributed by atoms with Gasteiger partial charge in [0.2, 0.25) is 0 Å². The Morgan fingerprint density at radius 1 is 1.53 bits per heavy atom. The minimum absolute atomic E-state index is 0.0427. The predicted molar refractivity (Wildman–Crippen MR) is 77.5 cm³/mol. The average Bonchev–Trinajstić information content (AvgIpc) is 2.31. The molecule has 1 aromatic rings. The molecule has 0 aliphatic rings. The molecule has 0 saturated carbocycles. The van der Waals surface area contributed by atoms with Crippen LogP contribution in [0.2, 0.25) is 0 Å². The van der Waals surface area contributed by atoms with E-state index in [2.05, 4.69) is 33.1 Å². The topological polar surface area (TPSA) is 78.4 Å². The molecule has 0 radical (unpaired) electrons. The number of hydrogen-bond acceptors (Lipinski definition) is 2. The zero-order valence-electron chi connectivity index (χ0n) is 10.4. The van der Waals surface area contributed by atoms with Crippen molar-refractivity contribution >= 4 is 33.6 Å². The van der Waals surface area contributed by atoms with Gasteiger partial charge in [-0.3, -0.25) is 0 Å². The number of nitrogens with one attached hydrogen (secondary N) is 2. The van der Waals surface area contributed by atoms with Crippen LogP contribution >= 0.6 is 15.9 Å². The minimum atomic E-state index is -1.05. The van der Waals surface area contributed by atoms with Gasteiger partial charge in [-0.2, -0.15) is 0 Å². The lowest BCUT2D eigenvalue weighted by atomic mass is 10.2. The summed E-state index contributed by atoms with van der Waals surface area (Å²) in [6.45, 7) is 5.44. The number of carbonyl (C=O) groups excluding carboxylic acids is 1.